The number of ether oxygens (including phenoxy) is 4. The Kier molecular flexibility index (Phi) is 4.38. The maximum Gasteiger partial charge on any atom is 0.336 e. The van der Waals surface area contributed by atoms with E-state index in [0.717, 1.165) is 5.39 Å². The van der Waals surface area contributed by atoms with Crippen LogP contribution in [0.15, 0.2) is 33.5 Å². The van der Waals surface area contributed by atoms with Crippen LogP contribution < -0.4 is 15.1 Å². The summed E-state index contributed by atoms with van der Waals surface area (Å²) < 4.78 is 25.5. The van der Waals surface area contributed by atoms with Gasteiger partial charge in [-0.2, -0.15) is 0 Å². The highest BCUT2D eigenvalue weighted by molar-refractivity contribution is 5.80. The van der Waals surface area contributed by atoms with Gasteiger partial charge in [-0.3, -0.25) is 0 Å². The maximum atomic E-state index is 11.2. The maximum absolute atomic E-state index is 11.2. The van der Waals surface area contributed by atoms with Crippen LogP contribution in [0.3, 0.4) is 0 Å². The fourth-order valence-electron chi connectivity index (χ4n) is 1.55. The summed E-state index contributed by atoms with van der Waals surface area (Å²) in [4.78, 5) is 11.2. The second kappa shape index (κ2) is 6.21. The van der Waals surface area contributed by atoms with E-state index in [2.05, 4.69) is 0 Å². The fraction of sp³-hybridized carbons (Fsp3) is 0.308. The summed E-state index contributed by atoms with van der Waals surface area (Å²) >= 11 is 0. The number of hydrogen-bond acceptors (Lipinski definition) is 6. The van der Waals surface area contributed by atoms with E-state index in [4.69, 9.17) is 23.4 Å². The van der Waals surface area contributed by atoms with Crippen molar-refractivity contribution in [2.24, 2.45) is 0 Å². The quantitative estimate of drug-likeness (QED) is 0.586. The molecule has 0 N–H and O–H groups in total. The molecule has 0 spiro atoms. The summed E-state index contributed by atoms with van der Waals surface area (Å²) in [6, 6.07) is 6.29. The normalized spacial score (nSPS) is 10.6. The van der Waals surface area contributed by atoms with Crippen molar-refractivity contribution in [1.29, 1.82) is 0 Å². The molecule has 0 saturated carbocycles. The summed E-state index contributed by atoms with van der Waals surface area (Å²) in [6.07, 6.45) is 0. The van der Waals surface area contributed by atoms with E-state index in [1.165, 1.54) is 20.3 Å². The second-order valence-electron chi connectivity index (χ2n) is 3.69. The third-order valence-corrected chi connectivity index (χ3v) is 2.35. The molecule has 0 aliphatic carbocycles. The average Bonchev–Trinajstić information content (AvgIpc) is 2.42. The van der Waals surface area contributed by atoms with Gasteiger partial charge in [0.1, 0.15) is 5.58 Å². The molecule has 6 nitrogen and oxygen atoms in total. The summed E-state index contributed by atoms with van der Waals surface area (Å²) in [7, 11) is 3.03. The zero-order valence-corrected chi connectivity index (χ0v) is 10.7. The third kappa shape index (κ3) is 3.24. The van der Waals surface area contributed by atoms with Crippen molar-refractivity contribution >= 4 is 11.0 Å². The van der Waals surface area contributed by atoms with Gasteiger partial charge in [0.05, 0.1) is 0 Å². The molecule has 0 atom stereocenters. The number of methoxy groups -OCH3 is 2. The van der Waals surface area contributed by atoms with Gasteiger partial charge in [-0.1, -0.05) is 0 Å². The van der Waals surface area contributed by atoms with E-state index in [0.29, 0.717) is 17.1 Å². The lowest BCUT2D eigenvalue weighted by molar-refractivity contribution is 0.0324. The zero-order valence-electron chi connectivity index (χ0n) is 10.7. The summed E-state index contributed by atoms with van der Waals surface area (Å²) in [5.41, 5.74) is -0.000814. The van der Waals surface area contributed by atoms with Gasteiger partial charge in [0.2, 0.25) is 0 Å². The molecule has 1 aromatic heterocycles. The van der Waals surface area contributed by atoms with Gasteiger partial charge in [-0.05, 0) is 12.1 Å². The molecule has 1 heterocycles. The molecule has 2 rings (SSSR count). The monoisotopic (exact) mass is 266 g/mol. The SMILES string of the molecule is COCOc1cc2ccc(=O)oc2cc1OCOC. The fourth-order valence-corrected chi connectivity index (χ4v) is 1.55. The number of benzene rings is 1. The van der Waals surface area contributed by atoms with E-state index < -0.39 is 5.63 Å². The van der Waals surface area contributed by atoms with Crippen LogP contribution in [0.5, 0.6) is 11.5 Å². The van der Waals surface area contributed by atoms with Crippen molar-refractivity contribution in [3.8, 4) is 11.5 Å². The van der Waals surface area contributed by atoms with Crippen LogP contribution in [0, 0.1) is 0 Å². The lowest BCUT2D eigenvalue weighted by Crippen LogP contribution is -2.05. The first-order valence-electron chi connectivity index (χ1n) is 5.56. The lowest BCUT2D eigenvalue weighted by Gasteiger charge is -2.12. The molecule has 102 valence electrons. The van der Waals surface area contributed by atoms with Crippen LogP contribution >= 0.6 is 0 Å². The van der Waals surface area contributed by atoms with Crippen LogP contribution in [0.2, 0.25) is 0 Å². The highest BCUT2D eigenvalue weighted by Crippen LogP contribution is 2.32. The van der Waals surface area contributed by atoms with E-state index >= 15 is 0 Å². The molecule has 0 aliphatic rings. The minimum absolute atomic E-state index is 0.0614. The molecule has 19 heavy (non-hydrogen) atoms. The van der Waals surface area contributed by atoms with E-state index in [1.54, 1.807) is 18.2 Å². The van der Waals surface area contributed by atoms with Crippen molar-refractivity contribution in [2.75, 3.05) is 27.8 Å². The molecule has 0 aliphatic heterocycles. The molecular weight excluding hydrogens is 252 g/mol. The topological polar surface area (TPSA) is 67.1 Å². The standard InChI is InChI=1S/C13H14O6/c1-15-7-17-11-5-9-3-4-13(14)19-10(9)6-12(11)18-8-16-2/h3-6H,7-8H2,1-2H3. The summed E-state index contributed by atoms with van der Waals surface area (Å²) in [5.74, 6) is 0.904. The number of fused-ring (bicyclic) bond motifs is 1. The van der Waals surface area contributed by atoms with Gasteiger partial charge in [0, 0.05) is 31.7 Å². The van der Waals surface area contributed by atoms with Crippen LogP contribution in [-0.4, -0.2) is 27.8 Å². The van der Waals surface area contributed by atoms with Gasteiger partial charge in [-0.15, -0.1) is 0 Å². The predicted molar refractivity (Wildman–Crippen MR) is 67.5 cm³/mol. The second-order valence-corrected chi connectivity index (χ2v) is 3.69. The van der Waals surface area contributed by atoms with Gasteiger partial charge in [-0.25, -0.2) is 4.79 Å². The largest absolute Gasteiger partial charge is 0.464 e. The van der Waals surface area contributed by atoms with Crippen LogP contribution in [0.25, 0.3) is 11.0 Å². The molecule has 2 aromatic rings. The highest BCUT2D eigenvalue weighted by atomic mass is 16.7. The predicted octanol–water partition coefficient (Wildman–Crippen LogP) is 1.76. The van der Waals surface area contributed by atoms with Gasteiger partial charge >= 0.3 is 5.63 Å². The van der Waals surface area contributed by atoms with Crippen molar-refractivity contribution in [1.82, 2.24) is 0 Å². The first-order chi connectivity index (χ1) is 9.24. The zero-order chi connectivity index (χ0) is 13.7. The smallest absolute Gasteiger partial charge is 0.336 e. The molecule has 0 bridgehead atoms. The average molecular weight is 266 g/mol. The van der Waals surface area contributed by atoms with Crippen molar-refractivity contribution in [2.45, 2.75) is 0 Å². The molecule has 0 fully saturated rings. The molecular formula is C13H14O6. The molecule has 0 radical (unpaired) electrons. The van der Waals surface area contributed by atoms with Crippen LogP contribution in [0.1, 0.15) is 0 Å². The third-order valence-electron chi connectivity index (χ3n) is 2.35. The molecule has 0 unspecified atom stereocenters. The molecule has 0 saturated heterocycles. The van der Waals surface area contributed by atoms with Gasteiger partial charge in [0.15, 0.2) is 25.1 Å². The Morgan fingerprint density at radius 3 is 2.26 bits per heavy atom. The van der Waals surface area contributed by atoms with Gasteiger partial charge < -0.3 is 23.4 Å². The Morgan fingerprint density at radius 2 is 1.63 bits per heavy atom. The van der Waals surface area contributed by atoms with E-state index in [9.17, 15) is 4.79 Å². The number of hydrogen-bond donors (Lipinski definition) is 0. The van der Waals surface area contributed by atoms with Crippen molar-refractivity contribution in [3.63, 3.8) is 0 Å². The Morgan fingerprint density at radius 1 is 1.00 bits per heavy atom. The highest BCUT2D eigenvalue weighted by Gasteiger charge is 2.09. The van der Waals surface area contributed by atoms with Crippen molar-refractivity contribution < 1.29 is 23.4 Å². The first-order valence-corrected chi connectivity index (χ1v) is 5.56. The first kappa shape index (κ1) is 13.4. The lowest BCUT2D eigenvalue weighted by atomic mass is 10.2. The Bertz CT molecular complexity index is 604. The molecule has 1 aromatic carbocycles. The van der Waals surface area contributed by atoms with Gasteiger partial charge in [0.25, 0.3) is 0 Å². The Balaban J connectivity index is 2.43. The summed E-state index contributed by atoms with van der Waals surface area (Å²) in [6.45, 7) is 0.150. The van der Waals surface area contributed by atoms with Crippen LogP contribution in [-0.2, 0) is 9.47 Å². The number of rotatable bonds is 6. The van der Waals surface area contributed by atoms with E-state index in [1.807, 2.05) is 0 Å². The minimum Gasteiger partial charge on any atom is -0.464 e. The van der Waals surface area contributed by atoms with Crippen molar-refractivity contribution in [3.05, 3.63) is 34.7 Å². The minimum atomic E-state index is -0.421. The Labute approximate surface area is 109 Å². The van der Waals surface area contributed by atoms with Crippen LogP contribution in [0.4, 0.5) is 0 Å². The summed E-state index contributed by atoms with van der Waals surface area (Å²) in [5, 5.41) is 0.732. The Hall–Kier alpha value is -2.05. The molecule has 6 heteroatoms. The molecule has 0 amide bonds. The van der Waals surface area contributed by atoms with E-state index in [-0.39, 0.29) is 13.6 Å².